The molecule has 5 nitrogen and oxygen atoms in total. The summed E-state index contributed by atoms with van der Waals surface area (Å²) in [6, 6.07) is 11.3. The van der Waals surface area contributed by atoms with Crippen molar-refractivity contribution in [3.8, 4) is 0 Å². The van der Waals surface area contributed by atoms with Gasteiger partial charge in [-0.25, -0.2) is 4.98 Å². The van der Waals surface area contributed by atoms with Gasteiger partial charge in [-0.1, -0.05) is 31.0 Å². The van der Waals surface area contributed by atoms with E-state index in [4.69, 9.17) is 4.98 Å². The van der Waals surface area contributed by atoms with Crippen LogP contribution in [0.15, 0.2) is 36.5 Å². The average Bonchev–Trinajstić information content (AvgIpc) is 2.95. The number of aromatic nitrogens is 2. The maximum Gasteiger partial charge on any atom is 0.224 e. The van der Waals surface area contributed by atoms with Gasteiger partial charge in [-0.15, -0.1) is 11.3 Å². The second-order valence-corrected chi connectivity index (χ2v) is 9.60. The van der Waals surface area contributed by atoms with Crippen molar-refractivity contribution in [2.24, 2.45) is 0 Å². The Morgan fingerprint density at radius 3 is 2.47 bits per heavy atom. The maximum atomic E-state index is 4.84. The molecule has 2 aromatic heterocycles. The van der Waals surface area contributed by atoms with Crippen LogP contribution >= 0.6 is 11.3 Å². The Morgan fingerprint density at radius 1 is 0.933 bits per heavy atom. The summed E-state index contributed by atoms with van der Waals surface area (Å²) in [5, 5.41) is 6.46. The molecule has 2 aliphatic rings. The smallest absolute Gasteiger partial charge is 0.224 e. The highest BCUT2D eigenvalue weighted by molar-refractivity contribution is 7.23. The van der Waals surface area contributed by atoms with E-state index in [2.05, 4.69) is 57.4 Å². The van der Waals surface area contributed by atoms with Crippen LogP contribution in [0.2, 0.25) is 0 Å². The fraction of sp³-hybridized carbons (Fsp3) is 0.500. The fourth-order valence-corrected chi connectivity index (χ4v) is 6.03. The molecular formula is C24H31N5S. The molecule has 6 heteroatoms. The van der Waals surface area contributed by atoms with Gasteiger partial charge < -0.3 is 15.1 Å². The highest BCUT2D eigenvalue weighted by Gasteiger charge is 2.23. The molecule has 2 saturated heterocycles. The summed E-state index contributed by atoms with van der Waals surface area (Å²) in [6.07, 6.45) is 9.35. The van der Waals surface area contributed by atoms with Crippen molar-refractivity contribution < 1.29 is 0 Å². The minimum Gasteiger partial charge on any atom is -0.363 e. The maximum absolute atomic E-state index is 4.84. The van der Waals surface area contributed by atoms with Gasteiger partial charge in [0, 0.05) is 43.1 Å². The molecule has 158 valence electrons. The molecule has 4 heterocycles. The zero-order valence-corrected chi connectivity index (χ0v) is 18.6. The summed E-state index contributed by atoms with van der Waals surface area (Å²) in [5.74, 6) is 1.86. The molecule has 0 bridgehead atoms. The lowest BCUT2D eigenvalue weighted by Crippen LogP contribution is -2.39. The van der Waals surface area contributed by atoms with Crippen LogP contribution in [0.5, 0.6) is 0 Å². The monoisotopic (exact) mass is 421 g/mol. The van der Waals surface area contributed by atoms with Gasteiger partial charge in [-0.2, -0.15) is 4.98 Å². The van der Waals surface area contributed by atoms with Crippen LogP contribution in [0.1, 0.15) is 44.1 Å². The Hall–Kier alpha value is -2.34. The first-order valence-corrected chi connectivity index (χ1v) is 12.2. The highest BCUT2D eigenvalue weighted by atomic mass is 32.1. The minimum absolute atomic E-state index is 0.440. The van der Waals surface area contributed by atoms with Gasteiger partial charge in [0.15, 0.2) is 0 Å². The van der Waals surface area contributed by atoms with E-state index in [-0.39, 0.29) is 0 Å². The van der Waals surface area contributed by atoms with Gasteiger partial charge in [-0.05, 0) is 55.7 Å². The van der Waals surface area contributed by atoms with E-state index in [9.17, 15) is 0 Å². The molecule has 3 aromatic rings. The first-order chi connectivity index (χ1) is 14.8. The van der Waals surface area contributed by atoms with E-state index < -0.39 is 0 Å². The van der Waals surface area contributed by atoms with Crippen LogP contribution in [0.25, 0.3) is 10.1 Å². The standard InChI is InChI=1S/C24H31N5S/c1-18-20-8-4-5-9-21(20)30-23(18)29-16-11-19(12-17-29)26-24-25-13-10-22(27-24)28-14-6-2-3-7-15-28/h4-5,8-10,13,19H,2-3,6-7,11-12,14-17H2,1H3,(H,25,26,27). The van der Waals surface area contributed by atoms with Gasteiger partial charge in [0.05, 0.1) is 5.00 Å². The van der Waals surface area contributed by atoms with Gasteiger partial charge in [0.1, 0.15) is 5.82 Å². The van der Waals surface area contributed by atoms with Crippen LogP contribution in [0.3, 0.4) is 0 Å². The Bertz CT molecular complexity index is 984. The highest BCUT2D eigenvalue weighted by Crippen LogP contribution is 2.38. The van der Waals surface area contributed by atoms with Crippen molar-refractivity contribution in [3.63, 3.8) is 0 Å². The summed E-state index contributed by atoms with van der Waals surface area (Å²) in [4.78, 5) is 14.3. The number of rotatable bonds is 4. The molecule has 1 N–H and O–H groups in total. The third-order valence-corrected chi connectivity index (χ3v) is 7.84. The molecule has 0 saturated carbocycles. The number of fused-ring (bicyclic) bond motifs is 1. The average molecular weight is 422 g/mol. The molecule has 0 spiro atoms. The van der Waals surface area contributed by atoms with Gasteiger partial charge in [0.25, 0.3) is 0 Å². The third-order valence-electron chi connectivity index (χ3n) is 6.50. The Labute approximate surface area is 183 Å². The SMILES string of the molecule is Cc1c(N2CCC(Nc3nccc(N4CCCCCC4)n3)CC2)sc2ccccc12. The Kier molecular flexibility index (Phi) is 5.75. The first-order valence-electron chi connectivity index (χ1n) is 11.4. The lowest BCUT2D eigenvalue weighted by Gasteiger charge is -2.33. The number of nitrogens with zero attached hydrogens (tertiary/aromatic N) is 4. The first kappa shape index (κ1) is 19.6. The second-order valence-electron chi connectivity index (χ2n) is 8.57. The fourth-order valence-electron chi connectivity index (χ4n) is 4.77. The summed E-state index contributed by atoms with van der Waals surface area (Å²) >= 11 is 1.93. The van der Waals surface area contributed by atoms with Crippen molar-refractivity contribution in [2.75, 3.05) is 41.3 Å². The van der Waals surface area contributed by atoms with Crippen molar-refractivity contribution in [1.29, 1.82) is 0 Å². The molecule has 0 aliphatic carbocycles. The predicted molar refractivity (Wildman–Crippen MR) is 128 cm³/mol. The number of piperidine rings is 1. The number of hydrogen-bond acceptors (Lipinski definition) is 6. The van der Waals surface area contributed by atoms with E-state index in [1.807, 2.05) is 17.5 Å². The molecule has 30 heavy (non-hydrogen) atoms. The molecule has 2 fully saturated rings. The van der Waals surface area contributed by atoms with Crippen LogP contribution in [0, 0.1) is 6.92 Å². The Balaban J connectivity index is 1.22. The topological polar surface area (TPSA) is 44.3 Å². The molecule has 0 amide bonds. The number of nitrogens with one attached hydrogen (secondary N) is 1. The lowest BCUT2D eigenvalue weighted by molar-refractivity contribution is 0.525. The number of hydrogen-bond donors (Lipinski definition) is 1. The lowest BCUT2D eigenvalue weighted by atomic mass is 10.0. The number of thiophene rings is 1. The number of benzene rings is 1. The summed E-state index contributed by atoms with van der Waals surface area (Å²) in [7, 11) is 0. The molecule has 0 unspecified atom stereocenters. The second kappa shape index (κ2) is 8.80. The van der Waals surface area contributed by atoms with Crippen LogP contribution < -0.4 is 15.1 Å². The summed E-state index contributed by atoms with van der Waals surface area (Å²) in [5.41, 5.74) is 1.43. The minimum atomic E-state index is 0.440. The molecule has 0 radical (unpaired) electrons. The van der Waals surface area contributed by atoms with Crippen molar-refractivity contribution in [3.05, 3.63) is 42.1 Å². The molecular weight excluding hydrogens is 390 g/mol. The quantitative estimate of drug-likeness (QED) is 0.606. The van der Waals surface area contributed by atoms with Crippen LogP contribution in [-0.2, 0) is 0 Å². The molecule has 5 rings (SSSR count). The van der Waals surface area contributed by atoms with Crippen molar-refractivity contribution in [2.45, 2.75) is 51.5 Å². The van der Waals surface area contributed by atoms with Gasteiger partial charge >= 0.3 is 0 Å². The zero-order valence-electron chi connectivity index (χ0n) is 17.8. The molecule has 1 aromatic carbocycles. The van der Waals surface area contributed by atoms with Crippen LogP contribution in [-0.4, -0.2) is 42.2 Å². The van der Waals surface area contributed by atoms with E-state index in [1.54, 1.807) is 0 Å². The number of anilines is 3. The van der Waals surface area contributed by atoms with E-state index in [0.717, 1.165) is 50.8 Å². The normalized spacial score (nSPS) is 18.6. The zero-order chi connectivity index (χ0) is 20.3. The number of aryl methyl sites for hydroxylation is 1. The predicted octanol–water partition coefficient (Wildman–Crippen LogP) is 5.46. The molecule has 2 aliphatic heterocycles. The third kappa shape index (κ3) is 4.10. The van der Waals surface area contributed by atoms with Crippen LogP contribution in [0.4, 0.5) is 16.8 Å². The Morgan fingerprint density at radius 2 is 1.70 bits per heavy atom. The van der Waals surface area contributed by atoms with E-state index >= 15 is 0 Å². The summed E-state index contributed by atoms with van der Waals surface area (Å²) in [6.45, 7) is 6.65. The van der Waals surface area contributed by atoms with E-state index in [1.165, 1.54) is 46.3 Å². The van der Waals surface area contributed by atoms with Gasteiger partial charge in [-0.3, -0.25) is 0 Å². The van der Waals surface area contributed by atoms with Gasteiger partial charge in [0.2, 0.25) is 5.95 Å². The van der Waals surface area contributed by atoms with Crippen molar-refractivity contribution >= 4 is 38.2 Å². The molecule has 0 atom stereocenters. The largest absolute Gasteiger partial charge is 0.363 e. The van der Waals surface area contributed by atoms with E-state index in [0.29, 0.717) is 6.04 Å². The summed E-state index contributed by atoms with van der Waals surface area (Å²) < 4.78 is 1.39. The van der Waals surface area contributed by atoms with Crippen molar-refractivity contribution in [1.82, 2.24) is 9.97 Å².